The average Bonchev–Trinajstić information content (AvgIpc) is 3.73. The Morgan fingerprint density at radius 3 is 2.45 bits per heavy atom. The van der Waals surface area contributed by atoms with E-state index in [0.717, 1.165) is 54.7 Å². The van der Waals surface area contributed by atoms with E-state index in [1.54, 1.807) is 18.2 Å². The molecule has 0 bridgehead atoms. The number of carbonyl (C=O) groups is 1. The molecular formula is C30H26F3N5O2. The number of anilines is 1. The number of nitrogens with one attached hydrogen (secondary N) is 1. The van der Waals surface area contributed by atoms with Crippen LogP contribution in [0, 0.1) is 12.5 Å². The van der Waals surface area contributed by atoms with Crippen LogP contribution in [-0.4, -0.2) is 35.5 Å². The maximum atomic E-state index is 12.8. The highest BCUT2D eigenvalue weighted by atomic mass is 19.4. The quantitative estimate of drug-likeness (QED) is 0.265. The van der Waals surface area contributed by atoms with Gasteiger partial charge in [-0.25, -0.2) is 14.8 Å². The molecule has 2 aromatic heterocycles. The minimum atomic E-state index is -4.40. The third kappa shape index (κ3) is 5.37. The van der Waals surface area contributed by atoms with Gasteiger partial charge in [0, 0.05) is 37.0 Å². The number of rotatable bonds is 6. The fourth-order valence-electron chi connectivity index (χ4n) is 5.14. The van der Waals surface area contributed by atoms with Crippen LogP contribution in [0.3, 0.4) is 0 Å². The number of piperidine rings is 1. The Labute approximate surface area is 228 Å². The number of oxazole rings is 1. The molecule has 1 saturated heterocycles. The Bertz CT molecular complexity index is 1580. The second-order valence-electron chi connectivity index (χ2n) is 10.4. The SMILES string of the molecule is [C-]#[N+]c1cc(C2CC2)c2oc(-c3ccc(C(=O)NCC4CCN(c5ccc(C(F)(F)F)cn5)CC4)cc3)nc2c1. The minimum absolute atomic E-state index is 0.173. The number of pyridine rings is 1. The molecule has 2 aromatic carbocycles. The van der Waals surface area contributed by atoms with Gasteiger partial charge < -0.3 is 14.6 Å². The number of hydrogen-bond donors (Lipinski definition) is 1. The van der Waals surface area contributed by atoms with E-state index in [4.69, 9.17) is 11.0 Å². The van der Waals surface area contributed by atoms with Crippen molar-refractivity contribution in [3.63, 3.8) is 0 Å². The number of fused-ring (bicyclic) bond motifs is 1. The van der Waals surface area contributed by atoms with E-state index in [0.29, 0.717) is 54.0 Å². The molecule has 2 fully saturated rings. The average molecular weight is 546 g/mol. The van der Waals surface area contributed by atoms with Gasteiger partial charge in [-0.3, -0.25) is 4.79 Å². The van der Waals surface area contributed by atoms with Crippen LogP contribution in [0.5, 0.6) is 0 Å². The third-order valence-corrected chi connectivity index (χ3v) is 7.61. The predicted octanol–water partition coefficient (Wildman–Crippen LogP) is 6.98. The van der Waals surface area contributed by atoms with Gasteiger partial charge in [-0.05, 0) is 91.6 Å². The van der Waals surface area contributed by atoms with Crippen molar-refractivity contribution in [2.45, 2.75) is 37.8 Å². The van der Waals surface area contributed by atoms with E-state index in [1.807, 2.05) is 23.1 Å². The van der Waals surface area contributed by atoms with E-state index in [-0.39, 0.29) is 11.8 Å². The molecule has 4 aromatic rings. The molecule has 40 heavy (non-hydrogen) atoms. The summed E-state index contributed by atoms with van der Waals surface area (Å²) in [6.07, 6.45) is 0.256. The molecule has 0 atom stereocenters. The second kappa shape index (κ2) is 10.3. The monoisotopic (exact) mass is 545 g/mol. The largest absolute Gasteiger partial charge is 0.436 e. The van der Waals surface area contributed by atoms with Crippen molar-refractivity contribution in [1.29, 1.82) is 0 Å². The third-order valence-electron chi connectivity index (χ3n) is 7.61. The molecule has 204 valence electrons. The normalized spacial score (nSPS) is 16.2. The van der Waals surface area contributed by atoms with Crippen molar-refractivity contribution >= 4 is 28.5 Å². The Hall–Kier alpha value is -4.39. The van der Waals surface area contributed by atoms with E-state index in [2.05, 4.69) is 20.1 Å². The first kappa shape index (κ1) is 25.9. The van der Waals surface area contributed by atoms with Crippen LogP contribution < -0.4 is 10.2 Å². The van der Waals surface area contributed by atoms with E-state index >= 15 is 0 Å². The van der Waals surface area contributed by atoms with Crippen molar-refractivity contribution in [1.82, 2.24) is 15.3 Å². The number of amides is 1. The summed E-state index contributed by atoms with van der Waals surface area (Å²) in [7, 11) is 0. The van der Waals surface area contributed by atoms with Crippen molar-refractivity contribution in [3.8, 4) is 11.5 Å². The van der Waals surface area contributed by atoms with Crippen molar-refractivity contribution in [2.75, 3.05) is 24.5 Å². The number of alkyl halides is 3. The molecule has 3 heterocycles. The summed E-state index contributed by atoms with van der Waals surface area (Å²) in [6, 6.07) is 13.2. The topological polar surface area (TPSA) is 75.6 Å². The fourth-order valence-corrected chi connectivity index (χ4v) is 5.14. The second-order valence-corrected chi connectivity index (χ2v) is 10.4. The highest BCUT2D eigenvalue weighted by Crippen LogP contribution is 2.45. The van der Waals surface area contributed by atoms with Crippen LogP contribution in [0.25, 0.3) is 27.4 Å². The number of benzene rings is 2. The number of nitrogens with zero attached hydrogens (tertiary/aromatic N) is 4. The first-order valence-corrected chi connectivity index (χ1v) is 13.3. The summed E-state index contributed by atoms with van der Waals surface area (Å²) in [5.74, 6) is 1.51. The maximum Gasteiger partial charge on any atom is 0.417 e. The van der Waals surface area contributed by atoms with Gasteiger partial charge in [0.15, 0.2) is 11.3 Å². The van der Waals surface area contributed by atoms with E-state index < -0.39 is 11.7 Å². The molecule has 1 saturated carbocycles. The summed E-state index contributed by atoms with van der Waals surface area (Å²) in [5, 5.41) is 3.00. The molecule has 10 heteroatoms. The molecule has 0 radical (unpaired) electrons. The zero-order valence-corrected chi connectivity index (χ0v) is 21.5. The van der Waals surface area contributed by atoms with Crippen LogP contribution in [0.1, 0.15) is 53.1 Å². The zero-order valence-electron chi connectivity index (χ0n) is 21.5. The smallest absolute Gasteiger partial charge is 0.417 e. The van der Waals surface area contributed by atoms with Gasteiger partial charge in [0.1, 0.15) is 5.82 Å². The molecule has 7 nitrogen and oxygen atoms in total. The number of hydrogen-bond acceptors (Lipinski definition) is 5. The van der Waals surface area contributed by atoms with E-state index in [1.165, 1.54) is 6.07 Å². The summed E-state index contributed by atoms with van der Waals surface area (Å²) < 4.78 is 44.4. The zero-order chi connectivity index (χ0) is 27.9. The summed E-state index contributed by atoms with van der Waals surface area (Å²) in [5.41, 5.74) is 3.53. The maximum absolute atomic E-state index is 12.8. The highest BCUT2D eigenvalue weighted by molar-refractivity contribution is 5.94. The first-order chi connectivity index (χ1) is 19.3. The van der Waals surface area contributed by atoms with E-state index in [9.17, 15) is 18.0 Å². The molecule has 2 aliphatic rings. The van der Waals surface area contributed by atoms with Crippen molar-refractivity contribution < 1.29 is 22.4 Å². The number of carbonyl (C=O) groups excluding carboxylic acids is 1. The Morgan fingerprint density at radius 2 is 1.82 bits per heavy atom. The Kier molecular flexibility index (Phi) is 6.66. The summed E-state index contributed by atoms with van der Waals surface area (Å²) in [4.78, 5) is 26.9. The van der Waals surface area contributed by atoms with Crippen LogP contribution in [0.4, 0.5) is 24.7 Å². The van der Waals surface area contributed by atoms with Crippen LogP contribution in [0.15, 0.2) is 59.1 Å². The van der Waals surface area contributed by atoms with Gasteiger partial charge in [-0.1, -0.05) is 0 Å². The number of aromatic nitrogens is 2. The molecule has 1 N–H and O–H groups in total. The van der Waals surface area contributed by atoms with Gasteiger partial charge in [0.2, 0.25) is 5.89 Å². The lowest BCUT2D eigenvalue weighted by Crippen LogP contribution is -2.39. The van der Waals surface area contributed by atoms with Crippen molar-refractivity contribution in [2.24, 2.45) is 5.92 Å². The van der Waals surface area contributed by atoms with Crippen LogP contribution >= 0.6 is 0 Å². The Balaban J connectivity index is 1.04. The standard InChI is InChI=1S/C30H26F3N5O2/c1-34-23-14-24(19-2-3-19)27-25(15-23)37-29(40-27)21-6-4-20(5-7-21)28(39)36-16-18-10-12-38(13-11-18)26-9-8-22(17-35-26)30(31,32)33/h4-9,14-15,17-19H,2-3,10-13,16H2,(H,36,39). The molecule has 1 aliphatic carbocycles. The van der Waals surface area contributed by atoms with Gasteiger partial charge in [-0.2, -0.15) is 13.2 Å². The van der Waals surface area contributed by atoms with Gasteiger partial charge in [0.25, 0.3) is 5.91 Å². The Morgan fingerprint density at radius 1 is 1.07 bits per heavy atom. The van der Waals surface area contributed by atoms with Gasteiger partial charge in [-0.15, -0.1) is 0 Å². The fraction of sp³-hybridized carbons (Fsp3) is 0.333. The van der Waals surface area contributed by atoms with Crippen LogP contribution in [-0.2, 0) is 6.18 Å². The molecule has 6 rings (SSSR count). The lowest BCUT2D eigenvalue weighted by molar-refractivity contribution is -0.137. The summed E-state index contributed by atoms with van der Waals surface area (Å²) in [6.45, 7) is 9.22. The van der Waals surface area contributed by atoms with Gasteiger partial charge in [0.05, 0.1) is 17.7 Å². The molecular weight excluding hydrogens is 519 g/mol. The molecule has 0 unspecified atom stereocenters. The molecule has 0 spiro atoms. The first-order valence-electron chi connectivity index (χ1n) is 13.3. The molecule has 1 amide bonds. The minimum Gasteiger partial charge on any atom is -0.436 e. The lowest BCUT2D eigenvalue weighted by atomic mass is 9.96. The number of halogens is 3. The van der Waals surface area contributed by atoms with Gasteiger partial charge >= 0.3 is 6.18 Å². The van der Waals surface area contributed by atoms with Crippen LogP contribution in [0.2, 0.25) is 0 Å². The summed E-state index contributed by atoms with van der Waals surface area (Å²) >= 11 is 0. The molecule has 1 aliphatic heterocycles. The van der Waals surface area contributed by atoms with Crippen molar-refractivity contribution in [3.05, 3.63) is 82.8 Å². The predicted molar refractivity (Wildman–Crippen MR) is 144 cm³/mol. The highest BCUT2D eigenvalue weighted by Gasteiger charge is 2.31. The lowest BCUT2D eigenvalue weighted by Gasteiger charge is -2.33.